The van der Waals surface area contributed by atoms with E-state index < -0.39 is 0 Å². The Labute approximate surface area is 70.7 Å². The summed E-state index contributed by atoms with van der Waals surface area (Å²) in [5.74, 6) is 0.807. The summed E-state index contributed by atoms with van der Waals surface area (Å²) >= 11 is 5.79. The van der Waals surface area contributed by atoms with Crippen LogP contribution in [0.4, 0.5) is 0 Å². The van der Waals surface area contributed by atoms with Crippen LogP contribution in [-0.4, -0.2) is 11.1 Å². The zero-order valence-corrected chi connectivity index (χ0v) is 7.24. The molecule has 1 aliphatic heterocycles. The molecule has 0 aromatic rings. The van der Waals surface area contributed by atoms with Crippen molar-refractivity contribution in [1.29, 1.82) is 0 Å². The summed E-state index contributed by atoms with van der Waals surface area (Å²) in [7, 11) is 0. The van der Waals surface area contributed by atoms with Gasteiger partial charge < -0.3 is 0 Å². The lowest BCUT2D eigenvalue weighted by Gasteiger charge is -1.72. The molecule has 1 heterocycles. The van der Waals surface area contributed by atoms with E-state index in [1.807, 2.05) is 18.2 Å². The highest BCUT2D eigenvalue weighted by Gasteiger charge is 2.04. The monoisotopic (exact) mass is 169 g/mol. The molecule has 1 rings (SSSR count). The molecule has 0 aromatic heterocycles. The first kappa shape index (κ1) is 7.76. The summed E-state index contributed by atoms with van der Waals surface area (Å²) in [6.45, 7) is 0. The maximum atomic E-state index is 4.05. The van der Waals surface area contributed by atoms with Crippen molar-refractivity contribution in [3.8, 4) is 0 Å². The molecule has 0 aromatic carbocycles. The molecule has 0 amide bonds. The van der Waals surface area contributed by atoms with Gasteiger partial charge in [0.05, 0.1) is 0 Å². The highest BCUT2D eigenvalue weighted by molar-refractivity contribution is 7.82. The molecule has 0 radical (unpaired) electrons. The molecule has 0 saturated heterocycles. The normalized spacial score (nSPS) is 19.9. The summed E-state index contributed by atoms with van der Waals surface area (Å²) in [6.07, 6.45) is 10.3. The average molecular weight is 169 g/mol. The van der Waals surface area contributed by atoms with Gasteiger partial charge in [-0.05, 0) is 0 Å². The second-order valence-electron chi connectivity index (χ2n) is 1.79. The fraction of sp³-hybridized carbons (Fsp3) is 0.125. The molecular formula is C8H9S2+. The van der Waals surface area contributed by atoms with Crippen molar-refractivity contribution in [3.63, 3.8) is 0 Å². The maximum absolute atomic E-state index is 4.05. The lowest BCUT2D eigenvalue weighted by atomic mass is 10.4. The Morgan fingerprint density at radius 2 is 2.50 bits per heavy atom. The van der Waals surface area contributed by atoms with Crippen molar-refractivity contribution < 1.29 is 0 Å². The number of thiol groups is 1. The van der Waals surface area contributed by atoms with Crippen LogP contribution < -0.4 is 0 Å². The first-order valence-electron chi connectivity index (χ1n) is 3.07. The Hall–Kier alpha value is -0.340. The van der Waals surface area contributed by atoms with E-state index in [4.69, 9.17) is 0 Å². The zero-order chi connectivity index (χ0) is 7.23. The molecule has 10 heavy (non-hydrogen) atoms. The quantitative estimate of drug-likeness (QED) is 0.364. The predicted molar refractivity (Wildman–Crippen MR) is 53.6 cm³/mol. The van der Waals surface area contributed by atoms with Crippen molar-refractivity contribution in [2.24, 2.45) is 0 Å². The third-order valence-electron chi connectivity index (χ3n) is 1.05. The second kappa shape index (κ2) is 4.47. The van der Waals surface area contributed by atoms with Crippen LogP contribution in [-0.2, 0) is 11.4 Å². The van der Waals surface area contributed by atoms with Gasteiger partial charge in [0.25, 0.3) is 0 Å². The summed E-state index contributed by atoms with van der Waals surface area (Å²) in [5.41, 5.74) is 0. The molecule has 0 fully saturated rings. The van der Waals surface area contributed by atoms with Crippen LogP contribution in [0.5, 0.6) is 0 Å². The molecule has 0 N–H and O–H groups in total. The lowest BCUT2D eigenvalue weighted by Crippen LogP contribution is -1.66. The number of rotatable bonds is 2. The van der Waals surface area contributed by atoms with Gasteiger partial charge in [0.1, 0.15) is 0 Å². The third-order valence-corrected chi connectivity index (χ3v) is 2.09. The van der Waals surface area contributed by atoms with E-state index in [1.165, 1.54) is 4.91 Å². The SMILES string of the molecule is SC/C=C/C=C1C=CC=[S+]1. The summed E-state index contributed by atoms with van der Waals surface area (Å²) < 4.78 is 0. The van der Waals surface area contributed by atoms with E-state index in [1.54, 1.807) is 11.4 Å². The third kappa shape index (κ3) is 2.50. The van der Waals surface area contributed by atoms with Crippen LogP contribution in [0.3, 0.4) is 0 Å². The molecule has 0 spiro atoms. The van der Waals surface area contributed by atoms with E-state index >= 15 is 0 Å². The van der Waals surface area contributed by atoms with Gasteiger partial charge in [0, 0.05) is 24.0 Å². The van der Waals surface area contributed by atoms with E-state index in [0.29, 0.717) is 0 Å². The van der Waals surface area contributed by atoms with Gasteiger partial charge in [0.2, 0.25) is 16.3 Å². The first-order valence-corrected chi connectivity index (χ1v) is 4.59. The first-order chi connectivity index (χ1) is 4.93. The highest BCUT2D eigenvalue weighted by Crippen LogP contribution is 2.00. The molecule has 1 aliphatic rings. The van der Waals surface area contributed by atoms with Crippen molar-refractivity contribution in [2.45, 2.75) is 0 Å². The fourth-order valence-electron chi connectivity index (χ4n) is 0.610. The number of allylic oxidation sites excluding steroid dienone is 4. The molecular weight excluding hydrogens is 160 g/mol. The van der Waals surface area contributed by atoms with Gasteiger partial charge in [-0.2, -0.15) is 12.6 Å². The van der Waals surface area contributed by atoms with Gasteiger partial charge >= 0.3 is 0 Å². The van der Waals surface area contributed by atoms with Gasteiger partial charge in [-0.15, -0.1) is 0 Å². The van der Waals surface area contributed by atoms with E-state index in [2.05, 4.69) is 30.1 Å². The van der Waals surface area contributed by atoms with Crippen LogP contribution >= 0.6 is 12.6 Å². The fourth-order valence-corrected chi connectivity index (χ4v) is 1.36. The Kier molecular flexibility index (Phi) is 3.47. The Bertz CT molecular complexity index is 195. The standard InChI is InChI=1S/C8H8S2/c9-6-2-1-4-8-5-3-7-10-8/h1-5,7H,6H2/p+1/b2-1+,8-4?. The Morgan fingerprint density at radius 1 is 1.60 bits per heavy atom. The summed E-state index contributed by atoms with van der Waals surface area (Å²) in [6, 6.07) is 0. The van der Waals surface area contributed by atoms with Gasteiger partial charge in [-0.25, -0.2) is 0 Å². The summed E-state index contributed by atoms with van der Waals surface area (Å²) in [4.78, 5) is 1.29. The van der Waals surface area contributed by atoms with Crippen molar-refractivity contribution in [3.05, 3.63) is 35.3 Å². The van der Waals surface area contributed by atoms with Gasteiger partial charge in [-0.3, -0.25) is 0 Å². The van der Waals surface area contributed by atoms with Crippen LogP contribution in [0.2, 0.25) is 0 Å². The van der Waals surface area contributed by atoms with Crippen LogP contribution in [0, 0.1) is 0 Å². The van der Waals surface area contributed by atoms with E-state index in [0.717, 1.165) is 5.75 Å². The Balaban J connectivity index is 2.48. The van der Waals surface area contributed by atoms with Crippen molar-refractivity contribution in [2.75, 3.05) is 5.75 Å². The molecule has 2 heteroatoms. The number of hydrogen-bond donors (Lipinski definition) is 1. The van der Waals surface area contributed by atoms with Gasteiger partial charge in [-0.1, -0.05) is 12.2 Å². The predicted octanol–water partition coefficient (Wildman–Crippen LogP) is 1.81. The van der Waals surface area contributed by atoms with Gasteiger partial charge in [0.15, 0.2) is 5.37 Å². The molecule has 0 nitrogen and oxygen atoms in total. The molecule has 0 saturated carbocycles. The lowest BCUT2D eigenvalue weighted by molar-refractivity contribution is 1.76. The average Bonchev–Trinajstić information content (AvgIpc) is 2.41. The molecule has 0 bridgehead atoms. The topological polar surface area (TPSA) is 0 Å². The highest BCUT2D eigenvalue weighted by atomic mass is 32.1. The van der Waals surface area contributed by atoms with E-state index in [9.17, 15) is 0 Å². The van der Waals surface area contributed by atoms with E-state index in [-0.39, 0.29) is 0 Å². The Morgan fingerprint density at radius 3 is 3.10 bits per heavy atom. The van der Waals surface area contributed by atoms with Crippen molar-refractivity contribution in [1.82, 2.24) is 0 Å². The molecule has 0 aliphatic carbocycles. The minimum Gasteiger partial charge on any atom is -0.175 e. The molecule has 52 valence electrons. The van der Waals surface area contributed by atoms with Crippen LogP contribution in [0.25, 0.3) is 0 Å². The molecule has 0 atom stereocenters. The second-order valence-corrected chi connectivity index (χ2v) is 3.14. The smallest absolute Gasteiger partial charge is 0.175 e. The van der Waals surface area contributed by atoms with Crippen LogP contribution in [0.1, 0.15) is 0 Å². The minimum atomic E-state index is 0.807. The van der Waals surface area contributed by atoms with Crippen LogP contribution in [0.15, 0.2) is 35.3 Å². The zero-order valence-electron chi connectivity index (χ0n) is 5.53. The largest absolute Gasteiger partial charge is 0.230 e. The molecule has 0 unspecified atom stereocenters. The van der Waals surface area contributed by atoms with Crippen molar-refractivity contribution >= 4 is 29.3 Å². The number of hydrogen-bond acceptors (Lipinski definition) is 1. The minimum absolute atomic E-state index is 0.807. The summed E-state index contributed by atoms with van der Waals surface area (Å²) in [5, 5.41) is 2.07. The maximum Gasteiger partial charge on any atom is 0.230 e.